The van der Waals surface area contributed by atoms with Crippen molar-refractivity contribution in [2.24, 2.45) is 5.92 Å². The summed E-state index contributed by atoms with van der Waals surface area (Å²) in [5.74, 6) is 0.0328. The monoisotopic (exact) mass is 252 g/mol. The van der Waals surface area contributed by atoms with Crippen LogP contribution in [0.2, 0.25) is 0 Å². The van der Waals surface area contributed by atoms with E-state index in [1.165, 1.54) is 0 Å². The number of carboxylic acids is 1. The molecule has 0 aromatic rings. The second-order valence-corrected chi connectivity index (χ2v) is 4.14. The minimum atomic E-state index is -1.17. The fourth-order valence-corrected chi connectivity index (χ4v) is 1.86. The first-order chi connectivity index (χ1) is 8.49. The van der Waals surface area contributed by atoms with Crippen LogP contribution in [0.1, 0.15) is 19.8 Å². The predicted octanol–water partition coefficient (Wildman–Crippen LogP) is -0.552. The van der Waals surface area contributed by atoms with Gasteiger partial charge in [-0.2, -0.15) is 0 Å². The number of hydrogen-bond donors (Lipinski definition) is 2. The van der Waals surface area contributed by atoms with Gasteiger partial charge in [-0.1, -0.05) is 0 Å². The van der Waals surface area contributed by atoms with Crippen molar-refractivity contribution in [3.8, 4) is 12.3 Å². The zero-order valence-corrected chi connectivity index (χ0v) is 10.2. The molecule has 0 aromatic carbocycles. The van der Waals surface area contributed by atoms with E-state index in [-0.39, 0.29) is 18.7 Å². The molecule has 18 heavy (non-hydrogen) atoms. The number of hydrogen-bond acceptors (Lipinski definition) is 3. The largest absolute Gasteiger partial charge is 0.480 e. The van der Waals surface area contributed by atoms with E-state index in [0.29, 0.717) is 13.1 Å². The van der Waals surface area contributed by atoms with Crippen molar-refractivity contribution in [3.05, 3.63) is 0 Å². The normalized spacial score (nSPS) is 20.3. The molecule has 0 bridgehead atoms. The van der Waals surface area contributed by atoms with Gasteiger partial charge in [0.2, 0.25) is 11.8 Å². The highest BCUT2D eigenvalue weighted by Gasteiger charge is 2.34. The first-order valence-electron chi connectivity index (χ1n) is 5.74. The Balaban J connectivity index is 2.58. The minimum absolute atomic E-state index is 0.0702. The molecule has 1 aliphatic heterocycles. The molecule has 1 saturated heterocycles. The van der Waals surface area contributed by atoms with Crippen LogP contribution < -0.4 is 5.32 Å². The average Bonchev–Trinajstić information content (AvgIpc) is 2.69. The maximum atomic E-state index is 11.8. The number of terminal acetylenes is 1. The molecule has 98 valence electrons. The number of aliphatic carboxylic acids is 1. The molecule has 2 unspecified atom stereocenters. The summed E-state index contributed by atoms with van der Waals surface area (Å²) in [7, 11) is 0. The summed E-state index contributed by atoms with van der Waals surface area (Å²) < 4.78 is 0. The minimum Gasteiger partial charge on any atom is -0.480 e. The summed E-state index contributed by atoms with van der Waals surface area (Å²) >= 11 is 0. The molecule has 6 heteroatoms. The molecule has 1 fully saturated rings. The van der Waals surface area contributed by atoms with Gasteiger partial charge in [0.05, 0.1) is 5.92 Å². The summed E-state index contributed by atoms with van der Waals surface area (Å²) in [6.45, 7) is 2.72. The van der Waals surface area contributed by atoms with Crippen LogP contribution >= 0.6 is 0 Å². The van der Waals surface area contributed by atoms with Gasteiger partial charge in [-0.05, 0) is 6.92 Å². The van der Waals surface area contributed by atoms with Crippen molar-refractivity contribution >= 4 is 17.8 Å². The summed E-state index contributed by atoms with van der Waals surface area (Å²) in [4.78, 5) is 35.7. The number of rotatable bonds is 5. The first kappa shape index (κ1) is 14.0. The molecule has 0 spiro atoms. The van der Waals surface area contributed by atoms with Crippen molar-refractivity contribution in [2.75, 3.05) is 13.1 Å². The van der Waals surface area contributed by atoms with Gasteiger partial charge < -0.3 is 15.3 Å². The molecule has 1 rings (SSSR count). The number of carbonyl (C=O) groups is 3. The Bertz CT molecular complexity index is 399. The maximum Gasteiger partial charge on any atom is 0.327 e. The number of amides is 2. The lowest BCUT2D eigenvalue weighted by Crippen LogP contribution is -2.44. The van der Waals surface area contributed by atoms with Crippen molar-refractivity contribution in [1.82, 2.24) is 10.2 Å². The van der Waals surface area contributed by atoms with Gasteiger partial charge in [-0.25, -0.2) is 4.79 Å². The third kappa shape index (κ3) is 3.23. The lowest BCUT2D eigenvalue weighted by Gasteiger charge is -2.16. The highest BCUT2D eigenvalue weighted by atomic mass is 16.4. The van der Waals surface area contributed by atoms with Gasteiger partial charge in [-0.3, -0.25) is 9.59 Å². The second kappa shape index (κ2) is 6.05. The molecule has 2 N–H and O–H groups in total. The van der Waals surface area contributed by atoms with E-state index in [2.05, 4.69) is 11.2 Å². The van der Waals surface area contributed by atoms with E-state index in [0.717, 1.165) is 0 Å². The second-order valence-electron chi connectivity index (χ2n) is 4.14. The van der Waals surface area contributed by atoms with Gasteiger partial charge in [0.15, 0.2) is 0 Å². The number of likely N-dealkylation sites (tertiary alicyclic amines) is 1. The summed E-state index contributed by atoms with van der Waals surface area (Å²) in [6, 6.07) is -1.09. The lowest BCUT2D eigenvalue weighted by molar-refractivity contribution is -0.142. The van der Waals surface area contributed by atoms with Gasteiger partial charge >= 0.3 is 5.97 Å². The molecule has 2 amide bonds. The Morgan fingerprint density at radius 1 is 1.67 bits per heavy atom. The molecular weight excluding hydrogens is 236 g/mol. The number of carboxylic acid groups (broad SMARTS) is 1. The number of nitrogens with zero attached hydrogens (tertiary/aromatic N) is 1. The molecule has 2 atom stereocenters. The Kier molecular flexibility index (Phi) is 4.72. The van der Waals surface area contributed by atoms with Crippen molar-refractivity contribution < 1.29 is 19.5 Å². The quantitative estimate of drug-likeness (QED) is 0.643. The van der Waals surface area contributed by atoms with Crippen LogP contribution in [-0.4, -0.2) is 46.9 Å². The topological polar surface area (TPSA) is 86.7 Å². The van der Waals surface area contributed by atoms with Crippen molar-refractivity contribution in [2.45, 2.75) is 25.8 Å². The predicted molar refractivity (Wildman–Crippen MR) is 63.4 cm³/mol. The number of carbonyl (C=O) groups excluding carboxylic acids is 2. The Hall–Kier alpha value is -2.03. The highest BCUT2D eigenvalue weighted by molar-refractivity contribution is 5.91. The Morgan fingerprint density at radius 3 is 2.78 bits per heavy atom. The van der Waals surface area contributed by atoms with E-state index in [1.807, 2.05) is 6.92 Å². The molecule has 0 saturated carbocycles. The summed E-state index contributed by atoms with van der Waals surface area (Å²) in [5, 5.41) is 11.2. The fourth-order valence-electron chi connectivity index (χ4n) is 1.86. The molecule has 0 radical (unpaired) electrons. The van der Waals surface area contributed by atoms with Crippen molar-refractivity contribution in [3.63, 3.8) is 0 Å². The summed E-state index contributed by atoms with van der Waals surface area (Å²) in [5.41, 5.74) is 0. The van der Waals surface area contributed by atoms with Crippen LogP contribution in [0, 0.1) is 18.3 Å². The van der Waals surface area contributed by atoms with Crippen molar-refractivity contribution in [1.29, 1.82) is 0 Å². The highest BCUT2D eigenvalue weighted by Crippen LogP contribution is 2.17. The van der Waals surface area contributed by atoms with E-state index < -0.39 is 23.8 Å². The Labute approximate surface area is 105 Å². The van der Waals surface area contributed by atoms with Crippen LogP contribution in [0.5, 0.6) is 0 Å². The maximum absolute atomic E-state index is 11.8. The standard InChI is InChI=1S/C12H16N2O4/c1-3-5-9(12(17)18)13-11(16)8-6-10(15)14(4-2)7-8/h1,8-9H,4-7H2,2H3,(H,13,16)(H,17,18). The first-order valence-corrected chi connectivity index (χ1v) is 5.74. The van der Waals surface area contributed by atoms with E-state index in [4.69, 9.17) is 11.5 Å². The van der Waals surface area contributed by atoms with Gasteiger partial charge in [0.1, 0.15) is 6.04 Å². The molecule has 0 aromatic heterocycles. The number of nitrogens with one attached hydrogen (secondary N) is 1. The molecule has 1 heterocycles. The molecule has 6 nitrogen and oxygen atoms in total. The lowest BCUT2D eigenvalue weighted by atomic mass is 10.1. The van der Waals surface area contributed by atoms with E-state index in [9.17, 15) is 14.4 Å². The zero-order chi connectivity index (χ0) is 13.7. The van der Waals surface area contributed by atoms with E-state index >= 15 is 0 Å². The third-order valence-corrected chi connectivity index (χ3v) is 2.90. The van der Waals surface area contributed by atoms with Crippen LogP contribution in [0.15, 0.2) is 0 Å². The SMILES string of the molecule is C#CCC(NC(=O)C1CC(=O)N(CC)C1)C(=O)O. The van der Waals surface area contributed by atoms with Gasteiger partial charge in [0, 0.05) is 25.9 Å². The van der Waals surface area contributed by atoms with Crippen LogP contribution in [0.25, 0.3) is 0 Å². The molecule has 1 aliphatic rings. The Morgan fingerprint density at radius 2 is 2.33 bits per heavy atom. The molecular formula is C12H16N2O4. The van der Waals surface area contributed by atoms with E-state index in [1.54, 1.807) is 4.90 Å². The van der Waals surface area contributed by atoms with Gasteiger partial charge in [-0.15, -0.1) is 12.3 Å². The summed E-state index contributed by atoms with van der Waals surface area (Å²) in [6.07, 6.45) is 5.09. The third-order valence-electron chi connectivity index (χ3n) is 2.90. The van der Waals surface area contributed by atoms with Gasteiger partial charge in [0.25, 0.3) is 0 Å². The van der Waals surface area contributed by atoms with Crippen LogP contribution in [-0.2, 0) is 14.4 Å². The fraction of sp³-hybridized carbons (Fsp3) is 0.583. The average molecular weight is 252 g/mol. The van der Waals surface area contributed by atoms with Crippen LogP contribution in [0.3, 0.4) is 0 Å². The van der Waals surface area contributed by atoms with Crippen LogP contribution in [0.4, 0.5) is 0 Å². The zero-order valence-electron chi connectivity index (χ0n) is 10.2. The smallest absolute Gasteiger partial charge is 0.327 e. The molecule has 0 aliphatic carbocycles.